The van der Waals surface area contributed by atoms with Crippen molar-refractivity contribution in [3.63, 3.8) is 0 Å². The van der Waals surface area contributed by atoms with Gasteiger partial charge in [-0.2, -0.15) is 0 Å². The van der Waals surface area contributed by atoms with E-state index in [1.54, 1.807) is 0 Å². The van der Waals surface area contributed by atoms with E-state index in [1.165, 1.54) is 44.9 Å². The molecule has 74 valence electrons. The summed E-state index contributed by atoms with van der Waals surface area (Å²) in [5, 5.41) is 3.84. The molecule has 0 radical (unpaired) electrons. The van der Waals surface area contributed by atoms with Crippen LogP contribution in [-0.2, 0) is 0 Å². The lowest BCUT2D eigenvalue weighted by atomic mass is 9.98. The van der Waals surface area contributed by atoms with E-state index >= 15 is 0 Å². The van der Waals surface area contributed by atoms with E-state index in [4.69, 9.17) is 5.53 Å². The third-order valence-electron chi connectivity index (χ3n) is 2.79. The minimum absolute atomic E-state index is 0.281. The Balaban J connectivity index is 2.30. The van der Waals surface area contributed by atoms with Gasteiger partial charge in [0.25, 0.3) is 0 Å². The van der Waals surface area contributed by atoms with Gasteiger partial charge in [-0.3, -0.25) is 0 Å². The topological polar surface area (TPSA) is 48.8 Å². The molecular formula is C10H19N3. The highest BCUT2D eigenvalue weighted by atomic mass is 15.1. The second-order valence-electron chi connectivity index (χ2n) is 3.91. The fourth-order valence-electron chi connectivity index (χ4n) is 1.98. The first kappa shape index (κ1) is 10.4. The summed E-state index contributed by atoms with van der Waals surface area (Å²) in [7, 11) is 0. The zero-order valence-electron chi connectivity index (χ0n) is 8.28. The molecular weight excluding hydrogens is 162 g/mol. The molecule has 1 aliphatic rings. The summed E-state index contributed by atoms with van der Waals surface area (Å²) in [4.78, 5) is 2.91. The van der Waals surface area contributed by atoms with Crippen molar-refractivity contribution in [3.05, 3.63) is 10.4 Å². The average Bonchev–Trinajstić information content (AvgIpc) is 2.16. The normalized spacial score (nSPS) is 21.8. The number of hydrogen-bond acceptors (Lipinski definition) is 1. The number of rotatable bonds is 1. The maximum atomic E-state index is 8.36. The number of azide groups is 1. The Morgan fingerprint density at radius 2 is 1.31 bits per heavy atom. The molecule has 1 fully saturated rings. The lowest BCUT2D eigenvalue weighted by Crippen LogP contribution is -2.04. The fraction of sp³-hybridized carbons (Fsp3) is 1.00. The van der Waals surface area contributed by atoms with Crippen LogP contribution in [0.2, 0.25) is 0 Å². The zero-order chi connectivity index (χ0) is 9.36. The van der Waals surface area contributed by atoms with Gasteiger partial charge in [-0.1, -0.05) is 50.1 Å². The van der Waals surface area contributed by atoms with Crippen molar-refractivity contribution in [1.29, 1.82) is 0 Å². The van der Waals surface area contributed by atoms with Crippen LogP contribution in [0.4, 0.5) is 0 Å². The highest BCUT2D eigenvalue weighted by Gasteiger charge is 2.07. The molecule has 1 saturated carbocycles. The first-order valence-corrected chi connectivity index (χ1v) is 5.47. The Labute approximate surface area is 80.2 Å². The van der Waals surface area contributed by atoms with Crippen molar-refractivity contribution in [2.24, 2.45) is 5.11 Å². The monoisotopic (exact) mass is 181 g/mol. The Morgan fingerprint density at radius 3 is 1.77 bits per heavy atom. The lowest BCUT2D eigenvalue weighted by molar-refractivity contribution is 0.460. The third-order valence-corrected chi connectivity index (χ3v) is 2.79. The molecule has 3 heteroatoms. The minimum Gasteiger partial charge on any atom is -0.0906 e. The molecule has 0 saturated heterocycles. The average molecular weight is 181 g/mol. The van der Waals surface area contributed by atoms with Gasteiger partial charge in [-0.05, 0) is 18.4 Å². The highest BCUT2D eigenvalue weighted by molar-refractivity contribution is 4.68. The van der Waals surface area contributed by atoms with Crippen LogP contribution in [0.1, 0.15) is 57.8 Å². The molecule has 0 unspecified atom stereocenters. The summed E-state index contributed by atoms with van der Waals surface area (Å²) in [6, 6.07) is 0.281. The summed E-state index contributed by atoms with van der Waals surface area (Å²) in [5.74, 6) is 0. The quantitative estimate of drug-likeness (QED) is 0.331. The third kappa shape index (κ3) is 4.79. The molecule has 0 aromatic heterocycles. The van der Waals surface area contributed by atoms with Crippen LogP contribution < -0.4 is 0 Å². The zero-order valence-corrected chi connectivity index (χ0v) is 8.28. The first-order valence-electron chi connectivity index (χ1n) is 5.47. The highest BCUT2D eigenvalue weighted by Crippen LogP contribution is 2.18. The van der Waals surface area contributed by atoms with Gasteiger partial charge in [-0.15, -0.1) is 0 Å². The van der Waals surface area contributed by atoms with Gasteiger partial charge >= 0.3 is 0 Å². The Kier molecular flexibility index (Phi) is 5.42. The van der Waals surface area contributed by atoms with Gasteiger partial charge < -0.3 is 0 Å². The number of nitrogens with zero attached hydrogens (tertiary/aromatic N) is 3. The van der Waals surface area contributed by atoms with Crippen LogP contribution in [-0.4, -0.2) is 6.04 Å². The van der Waals surface area contributed by atoms with Crippen molar-refractivity contribution in [2.75, 3.05) is 0 Å². The van der Waals surface area contributed by atoms with Gasteiger partial charge in [0.2, 0.25) is 0 Å². The van der Waals surface area contributed by atoms with E-state index in [-0.39, 0.29) is 6.04 Å². The molecule has 1 rings (SSSR count). The largest absolute Gasteiger partial charge is 0.0906 e. The maximum absolute atomic E-state index is 8.36. The molecule has 0 amide bonds. The number of hydrogen-bond donors (Lipinski definition) is 0. The van der Waals surface area contributed by atoms with Crippen molar-refractivity contribution in [2.45, 2.75) is 63.8 Å². The summed E-state index contributed by atoms with van der Waals surface area (Å²) in [5.41, 5.74) is 8.36. The molecule has 0 aromatic rings. The van der Waals surface area contributed by atoms with E-state index in [0.29, 0.717) is 0 Å². The van der Waals surface area contributed by atoms with Crippen molar-refractivity contribution in [3.8, 4) is 0 Å². The Hall–Kier alpha value is -0.690. The minimum atomic E-state index is 0.281. The van der Waals surface area contributed by atoms with Gasteiger partial charge in [0, 0.05) is 11.0 Å². The van der Waals surface area contributed by atoms with E-state index in [0.717, 1.165) is 12.8 Å². The van der Waals surface area contributed by atoms with Crippen LogP contribution in [0, 0.1) is 0 Å². The molecule has 0 atom stereocenters. The molecule has 0 bridgehead atoms. The van der Waals surface area contributed by atoms with Crippen LogP contribution in [0.5, 0.6) is 0 Å². The van der Waals surface area contributed by atoms with E-state index < -0.39 is 0 Å². The van der Waals surface area contributed by atoms with Gasteiger partial charge in [0.1, 0.15) is 0 Å². The fourth-order valence-corrected chi connectivity index (χ4v) is 1.98. The second kappa shape index (κ2) is 6.79. The predicted octanol–water partition coefficient (Wildman–Crippen LogP) is 4.19. The maximum Gasteiger partial charge on any atom is 0.0374 e. The summed E-state index contributed by atoms with van der Waals surface area (Å²) >= 11 is 0. The summed E-state index contributed by atoms with van der Waals surface area (Å²) < 4.78 is 0. The Bertz CT molecular complexity index is 163. The van der Waals surface area contributed by atoms with Crippen LogP contribution >= 0.6 is 0 Å². The molecule has 0 heterocycles. The lowest BCUT2D eigenvalue weighted by Gasteiger charge is -2.12. The SMILES string of the molecule is [N-]=[N+]=NC1CCCCCCCCC1. The van der Waals surface area contributed by atoms with Gasteiger partial charge in [0.15, 0.2) is 0 Å². The smallest absolute Gasteiger partial charge is 0.0374 e. The van der Waals surface area contributed by atoms with Crippen LogP contribution in [0.25, 0.3) is 10.4 Å². The van der Waals surface area contributed by atoms with Gasteiger partial charge in [-0.25, -0.2) is 0 Å². The molecule has 0 N–H and O–H groups in total. The molecule has 0 spiro atoms. The van der Waals surface area contributed by atoms with Gasteiger partial charge in [0.05, 0.1) is 0 Å². The van der Waals surface area contributed by atoms with E-state index in [1.807, 2.05) is 0 Å². The molecule has 0 aromatic carbocycles. The van der Waals surface area contributed by atoms with E-state index in [9.17, 15) is 0 Å². The van der Waals surface area contributed by atoms with E-state index in [2.05, 4.69) is 10.0 Å². The predicted molar refractivity (Wildman–Crippen MR) is 54.5 cm³/mol. The molecule has 1 aliphatic carbocycles. The van der Waals surface area contributed by atoms with Crippen molar-refractivity contribution in [1.82, 2.24) is 0 Å². The first-order chi connectivity index (χ1) is 6.43. The molecule has 13 heavy (non-hydrogen) atoms. The molecule has 0 aliphatic heterocycles. The standard InChI is InChI=1S/C10H19N3/c11-13-12-10-8-6-4-2-1-3-5-7-9-10/h10H,1-9H2. The van der Waals surface area contributed by atoms with Crippen molar-refractivity contribution >= 4 is 0 Å². The van der Waals surface area contributed by atoms with Crippen LogP contribution in [0.15, 0.2) is 5.11 Å². The van der Waals surface area contributed by atoms with Crippen LogP contribution in [0.3, 0.4) is 0 Å². The summed E-state index contributed by atoms with van der Waals surface area (Å²) in [6.45, 7) is 0. The van der Waals surface area contributed by atoms with Crippen molar-refractivity contribution < 1.29 is 0 Å². The second-order valence-corrected chi connectivity index (χ2v) is 3.91. The Morgan fingerprint density at radius 1 is 0.846 bits per heavy atom. The summed E-state index contributed by atoms with van der Waals surface area (Å²) in [6.07, 6.45) is 11.4. The molecule has 3 nitrogen and oxygen atoms in total.